The number of hydrogen-bond donors (Lipinski definition) is 1. The third kappa shape index (κ3) is 5.20. The van der Waals surface area contributed by atoms with Crippen molar-refractivity contribution < 1.29 is 13.2 Å². The molecule has 0 heterocycles. The molecule has 4 nitrogen and oxygen atoms in total. The van der Waals surface area contributed by atoms with Crippen LogP contribution in [-0.2, 0) is 10.0 Å². The van der Waals surface area contributed by atoms with Crippen LogP contribution in [0.5, 0.6) is 5.75 Å². The fourth-order valence-corrected chi connectivity index (χ4v) is 3.48. The predicted molar refractivity (Wildman–Crippen MR) is 89.7 cm³/mol. The van der Waals surface area contributed by atoms with Crippen molar-refractivity contribution in [1.29, 1.82) is 0 Å². The van der Waals surface area contributed by atoms with Gasteiger partial charge in [0.1, 0.15) is 5.75 Å². The van der Waals surface area contributed by atoms with Crippen LogP contribution in [0, 0.1) is 0 Å². The molecule has 0 saturated heterocycles. The second-order valence-corrected chi connectivity index (χ2v) is 7.44. The van der Waals surface area contributed by atoms with Crippen molar-refractivity contribution in [2.24, 2.45) is 0 Å². The summed E-state index contributed by atoms with van der Waals surface area (Å²) in [5.41, 5.74) is 0. The quantitative estimate of drug-likeness (QED) is 0.558. The Labute approximate surface area is 134 Å². The number of sulfonamides is 1. The van der Waals surface area contributed by atoms with Crippen molar-refractivity contribution in [3.8, 4) is 5.75 Å². The monoisotopic (exact) mass is 331 g/mol. The Hall–Kier alpha value is -0.720. The molecule has 6 heteroatoms. The highest BCUT2D eigenvalue weighted by Gasteiger charge is 2.24. The van der Waals surface area contributed by atoms with Gasteiger partial charge in [0.25, 0.3) is 0 Å². The number of rotatable bonds is 9. The molecule has 0 aliphatic carbocycles. The number of ether oxygens (including phenoxy) is 1. The zero-order chi connectivity index (χ0) is 15.9. The van der Waals surface area contributed by atoms with Crippen LogP contribution in [0.3, 0.4) is 0 Å². The lowest BCUT2D eigenvalue weighted by Gasteiger charge is -2.22. The maximum absolute atomic E-state index is 12.4. The molecule has 1 aromatic rings. The second-order valence-electron chi connectivity index (χ2n) is 5.08. The minimum atomic E-state index is -3.47. The second kappa shape index (κ2) is 8.66. The van der Waals surface area contributed by atoms with Gasteiger partial charge in [-0.3, -0.25) is 0 Å². The van der Waals surface area contributed by atoms with Crippen LogP contribution < -0.4 is 4.74 Å². The smallest absolute Gasteiger partial charge is 0.243 e. The van der Waals surface area contributed by atoms with E-state index in [2.05, 4.69) is 19.6 Å². The SMILES string of the molecule is CCCCCOc1ccc(S(=O)(=O)N(C)[C@H](C)CS)cc1. The maximum atomic E-state index is 12.4. The molecule has 1 atom stereocenters. The lowest BCUT2D eigenvalue weighted by Crippen LogP contribution is -2.36. The van der Waals surface area contributed by atoms with E-state index in [1.54, 1.807) is 31.3 Å². The molecule has 0 aliphatic heterocycles. The van der Waals surface area contributed by atoms with E-state index in [4.69, 9.17) is 4.74 Å². The number of nitrogens with zero attached hydrogens (tertiary/aromatic N) is 1. The van der Waals surface area contributed by atoms with E-state index >= 15 is 0 Å². The lowest BCUT2D eigenvalue weighted by molar-refractivity contribution is 0.306. The fourth-order valence-electron chi connectivity index (χ4n) is 1.77. The molecule has 0 saturated carbocycles. The summed E-state index contributed by atoms with van der Waals surface area (Å²) in [6.45, 7) is 4.63. The largest absolute Gasteiger partial charge is 0.494 e. The summed E-state index contributed by atoms with van der Waals surface area (Å²) in [6, 6.07) is 6.44. The highest BCUT2D eigenvalue weighted by Crippen LogP contribution is 2.20. The van der Waals surface area contributed by atoms with Crippen LogP contribution in [-0.4, -0.2) is 38.2 Å². The molecule has 0 radical (unpaired) electrons. The lowest BCUT2D eigenvalue weighted by atomic mass is 10.3. The van der Waals surface area contributed by atoms with Gasteiger partial charge < -0.3 is 4.74 Å². The molecule has 21 heavy (non-hydrogen) atoms. The molecule has 0 aromatic heterocycles. The first-order chi connectivity index (χ1) is 9.93. The van der Waals surface area contributed by atoms with Crippen molar-refractivity contribution in [3.05, 3.63) is 24.3 Å². The zero-order valence-electron chi connectivity index (χ0n) is 12.9. The van der Waals surface area contributed by atoms with Gasteiger partial charge in [0.05, 0.1) is 11.5 Å². The van der Waals surface area contributed by atoms with E-state index in [0.717, 1.165) is 19.3 Å². The molecule has 0 N–H and O–H groups in total. The van der Waals surface area contributed by atoms with Gasteiger partial charge in [-0.05, 0) is 37.6 Å². The van der Waals surface area contributed by atoms with Gasteiger partial charge in [-0.2, -0.15) is 16.9 Å². The van der Waals surface area contributed by atoms with Gasteiger partial charge in [-0.1, -0.05) is 19.8 Å². The van der Waals surface area contributed by atoms with E-state index in [9.17, 15) is 8.42 Å². The fraction of sp³-hybridized carbons (Fsp3) is 0.600. The Morgan fingerprint density at radius 1 is 1.24 bits per heavy atom. The minimum Gasteiger partial charge on any atom is -0.494 e. The van der Waals surface area contributed by atoms with Crippen LogP contribution in [0.4, 0.5) is 0 Å². The van der Waals surface area contributed by atoms with Crippen LogP contribution in [0.1, 0.15) is 33.1 Å². The van der Waals surface area contributed by atoms with E-state index in [1.165, 1.54) is 4.31 Å². The highest BCUT2D eigenvalue weighted by molar-refractivity contribution is 7.89. The van der Waals surface area contributed by atoms with E-state index < -0.39 is 10.0 Å². The first kappa shape index (κ1) is 18.3. The van der Waals surface area contributed by atoms with Crippen molar-refractivity contribution in [2.75, 3.05) is 19.4 Å². The van der Waals surface area contributed by atoms with E-state index in [-0.39, 0.29) is 10.9 Å². The third-order valence-corrected chi connectivity index (χ3v) is 5.92. The standard InChI is InChI=1S/C15H25NO3S2/c1-4-5-6-11-19-14-7-9-15(10-8-14)21(17,18)16(3)13(2)12-20/h7-10,13,20H,4-6,11-12H2,1-3H3/t13-/m1/s1. The van der Waals surface area contributed by atoms with E-state index in [1.807, 2.05) is 6.92 Å². The van der Waals surface area contributed by atoms with Crippen LogP contribution >= 0.6 is 12.6 Å². The Bertz CT molecular complexity index is 514. The number of thiol groups is 1. The predicted octanol–water partition coefficient (Wildman–Crippen LogP) is 3.19. The average Bonchev–Trinajstić information content (AvgIpc) is 2.50. The summed E-state index contributed by atoms with van der Waals surface area (Å²) < 4.78 is 31.7. The Kier molecular flexibility index (Phi) is 7.56. The Morgan fingerprint density at radius 3 is 2.38 bits per heavy atom. The number of hydrogen-bond acceptors (Lipinski definition) is 4. The van der Waals surface area contributed by atoms with Crippen LogP contribution in [0.2, 0.25) is 0 Å². The molecule has 0 bridgehead atoms. The van der Waals surface area contributed by atoms with Crippen LogP contribution in [0.15, 0.2) is 29.2 Å². The molecule has 1 rings (SSSR count). The van der Waals surface area contributed by atoms with Crippen molar-refractivity contribution in [2.45, 2.75) is 44.0 Å². The van der Waals surface area contributed by atoms with Gasteiger partial charge in [0, 0.05) is 18.8 Å². The summed E-state index contributed by atoms with van der Waals surface area (Å²) in [7, 11) is -1.89. The Morgan fingerprint density at radius 2 is 1.86 bits per heavy atom. The van der Waals surface area contributed by atoms with Crippen molar-refractivity contribution >= 4 is 22.7 Å². The Balaban J connectivity index is 2.73. The number of unbranched alkanes of at least 4 members (excludes halogenated alkanes) is 2. The normalized spacial score (nSPS) is 13.4. The highest BCUT2D eigenvalue weighted by atomic mass is 32.2. The van der Waals surface area contributed by atoms with Gasteiger partial charge in [-0.25, -0.2) is 8.42 Å². The summed E-state index contributed by atoms with van der Waals surface area (Å²) in [6.07, 6.45) is 3.30. The molecule has 0 aliphatic rings. The first-order valence-corrected chi connectivity index (χ1v) is 9.32. The number of benzene rings is 1. The minimum absolute atomic E-state index is 0.150. The van der Waals surface area contributed by atoms with Crippen molar-refractivity contribution in [1.82, 2.24) is 4.31 Å². The molecule has 0 amide bonds. The average molecular weight is 332 g/mol. The summed E-state index contributed by atoms with van der Waals surface area (Å²) in [4.78, 5) is 0.277. The molecule has 0 fully saturated rings. The molecular weight excluding hydrogens is 306 g/mol. The van der Waals surface area contributed by atoms with E-state index in [0.29, 0.717) is 18.1 Å². The van der Waals surface area contributed by atoms with Gasteiger partial charge in [-0.15, -0.1) is 0 Å². The molecule has 0 unspecified atom stereocenters. The molecule has 0 spiro atoms. The summed E-state index contributed by atoms with van der Waals surface area (Å²) in [5.74, 6) is 1.18. The zero-order valence-corrected chi connectivity index (χ0v) is 14.7. The van der Waals surface area contributed by atoms with Crippen LogP contribution in [0.25, 0.3) is 0 Å². The van der Waals surface area contributed by atoms with Gasteiger partial charge in [0.2, 0.25) is 10.0 Å². The summed E-state index contributed by atoms with van der Waals surface area (Å²) in [5, 5.41) is 0. The third-order valence-electron chi connectivity index (χ3n) is 3.40. The molecule has 120 valence electrons. The first-order valence-electron chi connectivity index (χ1n) is 7.25. The molecular formula is C15H25NO3S2. The van der Waals surface area contributed by atoms with Gasteiger partial charge >= 0.3 is 0 Å². The molecule has 1 aromatic carbocycles. The summed E-state index contributed by atoms with van der Waals surface area (Å²) >= 11 is 4.14. The van der Waals surface area contributed by atoms with Crippen molar-refractivity contribution in [3.63, 3.8) is 0 Å². The topological polar surface area (TPSA) is 46.6 Å². The maximum Gasteiger partial charge on any atom is 0.243 e. The van der Waals surface area contributed by atoms with Gasteiger partial charge in [0.15, 0.2) is 0 Å².